The lowest BCUT2D eigenvalue weighted by Crippen LogP contribution is -2.70. The summed E-state index contributed by atoms with van der Waals surface area (Å²) in [7, 11) is 3.91. The normalized spacial score (nSPS) is 35.6. The number of hydrogen-bond acceptors (Lipinski definition) is 7. The van der Waals surface area contributed by atoms with Gasteiger partial charge in [0.15, 0.2) is 5.67 Å². The van der Waals surface area contributed by atoms with Crippen molar-refractivity contribution in [3.05, 3.63) is 77.1 Å². The molecule has 4 aliphatic carbocycles. The molecule has 1 N–H and O–H groups in total. The second-order valence-electron chi connectivity index (χ2n) is 13.5. The topological polar surface area (TPSA) is 103 Å². The van der Waals surface area contributed by atoms with Gasteiger partial charge in [-0.05, 0) is 60.6 Å². The molecule has 2 unspecified atom stereocenters. The quantitative estimate of drug-likeness (QED) is 0.156. The molecule has 8 atom stereocenters. The Morgan fingerprint density at radius 1 is 1.23 bits per heavy atom. The fourth-order valence-electron chi connectivity index (χ4n) is 9.19. The summed E-state index contributed by atoms with van der Waals surface area (Å²) in [5, 5.41) is 17.5. The fourth-order valence-corrected chi connectivity index (χ4v) is 9.19. The number of para-hydroxylation sites is 1. The van der Waals surface area contributed by atoms with Crippen LogP contribution in [0.1, 0.15) is 44.9 Å². The number of methoxy groups -OCH3 is 1. The Bertz CT molecular complexity index is 1760. The van der Waals surface area contributed by atoms with E-state index in [0.29, 0.717) is 5.69 Å². The molecule has 1 aromatic carbocycles. The molecule has 0 spiro atoms. The number of nitrogens with zero attached hydrogens (tertiary/aromatic N) is 3. The summed E-state index contributed by atoms with van der Waals surface area (Å²) < 4.78 is 47.8. The summed E-state index contributed by atoms with van der Waals surface area (Å²) in [4.78, 5) is 33.0. The Kier molecular flexibility index (Phi) is 7.76. The van der Waals surface area contributed by atoms with E-state index in [1.165, 1.54) is 27.3 Å². The van der Waals surface area contributed by atoms with E-state index in [1.807, 2.05) is 30.3 Å². The highest BCUT2D eigenvalue weighted by Gasteiger charge is 2.78. The van der Waals surface area contributed by atoms with Gasteiger partial charge in [0, 0.05) is 35.8 Å². The van der Waals surface area contributed by atoms with E-state index in [4.69, 9.17) is 20.7 Å². The maximum absolute atomic E-state index is 18.3. The maximum Gasteiger partial charge on any atom is 0.375 e. The van der Waals surface area contributed by atoms with Crippen LogP contribution in [-0.2, 0) is 30.3 Å². The van der Waals surface area contributed by atoms with Gasteiger partial charge in [-0.15, -0.1) is 6.42 Å². The van der Waals surface area contributed by atoms with Crippen molar-refractivity contribution in [2.45, 2.75) is 57.4 Å². The van der Waals surface area contributed by atoms with E-state index in [9.17, 15) is 14.7 Å². The minimum absolute atomic E-state index is 0.0882. The van der Waals surface area contributed by atoms with E-state index in [1.54, 1.807) is 37.7 Å². The third kappa shape index (κ3) is 4.23. The summed E-state index contributed by atoms with van der Waals surface area (Å²) in [6.07, 6.45) is 9.34. The van der Waals surface area contributed by atoms with Crippen LogP contribution in [-0.4, -0.2) is 70.5 Å². The van der Waals surface area contributed by atoms with Crippen molar-refractivity contribution < 1.29 is 37.8 Å². The predicted molar refractivity (Wildman–Crippen MR) is 168 cm³/mol. The lowest BCUT2D eigenvalue weighted by Gasteiger charge is -2.62. The number of rotatable bonds is 6. The molecule has 0 bridgehead atoms. The number of amides is 1. The highest BCUT2D eigenvalue weighted by atomic mass is 19.1. The van der Waals surface area contributed by atoms with Gasteiger partial charge < -0.3 is 14.6 Å². The first-order valence-corrected chi connectivity index (χ1v) is 15.6. The van der Waals surface area contributed by atoms with E-state index in [-0.39, 0.29) is 30.6 Å². The number of hydroxylamine groups is 2. The average Bonchev–Trinajstić information content (AvgIpc) is 3.55. The molecular weight excluding hydrogens is 608 g/mol. The van der Waals surface area contributed by atoms with Gasteiger partial charge in [0.05, 0.1) is 37.9 Å². The number of aliphatic hydroxyl groups excluding tert-OH is 1. The number of fused-ring (bicyclic) bond motifs is 6. The first-order chi connectivity index (χ1) is 22.2. The van der Waals surface area contributed by atoms with Crippen LogP contribution in [0.2, 0.25) is 0 Å². The van der Waals surface area contributed by atoms with Crippen LogP contribution in [0.3, 0.4) is 0 Å². The lowest BCUT2D eigenvalue weighted by molar-refractivity contribution is -0.238. The molecule has 6 rings (SSSR count). The van der Waals surface area contributed by atoms with E-state index in [0.717, 1.165) is 22.4 Å². The molecule has 0 saturated heterocycles. The third-order valence-corrected chi connectivity index (χ3v) is 11.5. The van der Waals surface area contributed by atoms with Crippen molar-refractivity contribution in [2.75, 3.05) is 21.3 Å². The number of alkyl halides is 1. The number of hydrogen-bond donors (Lipinski definition) is 1. The first kappa shape index (κ1) is 32.7. The third-order valence-electron chi connectivity index (χ3n) is 11.5. The van der Waals surface area contributed by atoms with Gasteiger partial charge in [0.2, 0.25) is 11.4 Å². The molecule has 248 valence electrons. The van der Waals surface area contributed by atoms with Crippen molar-refractivity contribution >= 4 is 18.0 Å². The molecule has 9 nitrogen and oxygen atoms in total. The molecular formula is C36H39F2N3O6. The van der Waals surface area contributed by atoms with E-state index in [2.05, 4.69) is 11.0 Å². The molecule has 0 aliphatic heterocycles. The number of ether oxygens (including phenoxy) is 2. The molecule has 2 saturated carbocycles. The molecule has 1 heterocycles. The van der Waals surface area contributed by atoms with Gasteiger partial charge in [-0.3, -0.25) is 9.63 Å². The van der Waals surface area contributed by atoms with Gasteiger partial charge in [0.1, 0.15) is 5.83 Å². The number of carbonyl (C=O) groups excluding carboxylic acids is 2. The molecule has 2 aromatic rings. The van der Waals surface area contributed by atoms with Crippen molar-refractivity contribution in [3.63, 3.8) is 0 Å². The van der Waals surface area contributed by atoms with Gasteiger partial charge in [0.25, 0.3) is 5.91 Å². The number of halogens is 2. The second kappa shape index (κ2) is 11.2. The zero-order chi connectivity index (χ0) is 34.1. The Morgan fingerprint density at radius 2 is 1.94 bits per heavy atom. The van der Waals surface area contributed by atoms with Crippen LogP contribution < -0.4 is 0 Å². The van der Waals surface area contributed by atoms with Gasteiger partial charge in [-0.1, -0.05) is 44.9 Å². The van der Waals surface area contributed by atoms with Gasteiger partial charge in [-0.25, -0.2) is 23.3 Å². The molecule has 2 fully saturated rings. The van der Waals surface area contributed by atoms with Crippen molar-refractivity contribution in [3.8, 4) is 18.0 Å². The molecule has 11 heteroatoms. The maximum atomic E-state index is 18.3. The minimum atomic E-state index is -2.35. The number of aromatic nitrogens is 2. The Labute approximate surface area is 272 Å². The molecule has 4 aliphatic rings. The Balaban J connectivity index is 1.49. The largest absolute Gasteiger partial charge is 0.489 e. The number of likely N-dealkylation sites (N-methyl/N-ethyl adjacent to an activating group) is 1. The molecule has 0 radical (unpaired) electrons. The molecule has 1 amide bonds. The summed E-state index contributed by atoms with van der Waals surface area (Å²) in [6.45, 7) is 5.07. The standard InChI is InChI=1S/C36H39F2N3O6/c1-8-12-29(45-6)31(43)47-36(32(44)40(5)46-7)21(2)15-24-25-16-27(37)26-17-28-22(20-39-41(28)23-13-10-9-11-14-23)18-33(26,3)35(25,38)30(42)19-34(24,36)4/h1,9-14,16-17,20-21,24-25,30,42H,15,18-19H2,2-7H3/b29-12-/t21-,24?,25?,30+,33+,34+,35+,36+/m1/s1. The minimum Gasteiger partial charge on any atom is -0.489 e. The zero-order valence-electron chi connectivity index (χ0n) is 27.3. The predicted octanol–water partition coefficient (Wildman–Crippen LogP) is 4.90. The molecule has 1 aromatic heterocycles. The van der Waals surface area contributed by atoms with E-state index < -0.39 is 63.7 Å². The number of carbonyl (C=O) groups is 2. The summed E-state index contributed by atoms with van der Waals surface area (Å²) in [5.74, 6) is -2.99. The molecule has 47 heavy (non-hydrogen) atoms. The van der Waals surface area contributed by atoms with Crippen LogP contribution in [0.15, 0.2) is 65.8 Å². The number of aliphatic hydroxyl groups is 1. The number of benzene rings is 1. The van der Waals surface area contributed by atoms with E-state index >= 15 is 8.78 Å². The van der Waals surface area contributed by atoms with Crippen LogP contribution in [0.4, 0.5) is 8.78 Å². The Hall–Kier alpha value is -4.27. The smallest absolute Gasteiger partial charge is 0.375 e. The van der Waals surface area contributed by atoms with Gasteiger partial charge >= 0.3 is 5.97 Å². The lowest BCUT2D eigenvalue weighted by atomic mass is 9.45. The fraction of sp³-hybridized carbons (Fsp3) is 0.472. The summed E-state index contributed by atoms with van der Waals surface area (Å²) in [6, 6.07) is 9.39. The van der Waals surface area contributed by atoms with Crippen molar-refractivity contribution in [1.29, 1.82) is 0 Å². The van der Waals surface area contributed by atoms with Crippen LogP contribution in [0, 0.1) is 40.9 Å². The second-order valence-corrected chi connectivity index (χ2v) is 13.5. The summed E-state index contributed by atoms with van der Waals surface area (Å²) >= 11 is 0. The number of allylic oxidation sites excluding steroid dienone is 4. The first-order valence-electron chi connectivity index (χ1n) is 15.6. The van der Waals surface area contributed by atoms with Crippen molar-refractivity contribution in [2.24, 2.45) is 28.6 Å². The van der Waals surface area contributed by atoms with Crippen LogP contribution >= 0.6 is 0 Å². The van der Waals surface area contributed by atoms with Gasteiger partial charge in [-0.2, -0.15) is 5.10 Å². The van der Waals surface area contributed by atoms with Crippen molar-refractivity contribution in [1.82, 2.24) is 14.8 Å². The Morgan fingerprint density at radius 3 is 2.57 bits per heavy atom. The zero-order valence-corrected chi connectivity index (χ0v) is 27.3. The summed E-state index contributed by atoms with van der Waals surface area (Å²) in [5.41, 5.74) is -4.86. The highest BCUT2D eigenvalue weighted by Crippen LogP contribution is 2.71. The number of esters is 1. The van der Waals surface area contributed by atoms with Crippen LogP contribution in [0.25, 0.3) is 11.8 Å². The monoisotopic (exact) mass is 647 g/mol. The number of terminal acetylenes is 1. The SMILES string of the molecule is C#C/C=C(\OC)C(=O)O[C@]1(C(=O)N(C)OC)[C@H](C)CC2C3C=C(F)C4=Cc5c(cnn5-c5ccccc5)C[C@]4(C)[C@@]3(F)[C@@H](O)C[C@@]21C. The van der Waals surface area contributed by atoms with Crippen LogP contribution in [0.5, 0.6) is 0 Å². The average molecular weight is 648 g/mol. The highest BCUT2D eigenvalue weighted by molar-refractivity contribution is 5.93.